The summed E-state index contributed by atoms with van der Waals surface area (Å²) in [4.78, 5) is 27.2. The fourth-order valence-electron chi connectivity index (χ4n) is 2.87. The first-order chi connectivity index (χ1) is 9.61. The number of hydrogen-bond acceptors (Lipinski definition) is 4. The minimum Gasteiger partial charge on any atom is -0.380 e. The van der Waals surface area contributed by atoms with Gasteiger partial charge in [0.15, 0.2) is 12.2 Å². The molecule has 0 spiro atoms. The topological polar surface area (TPSA) is 81.1 Å². The lowest BCUT2D eigenvalue weighted by atomic mass is 10.1. The molecule has 2 rings (SSSR count). The van der Waals surface area contributed by atoms with E-state index in [1.54, 1.807) is 9.80 Å². The Morgan fingerprint density at radius 2 is 0.950 bits per heavy atom. The van der Waals surface area contributed by atoms with Crippen LogP contribution >= 0.6 is 0 Å². The number of aliphatic hydroxyl groups excluding tert-OH is 2. The molecule has 2 saturated heterocycles. The van der Waals surface area contributed by atoms with Gasteiger partial charge in [0.25, 0.3) is 11.8 Å². The first kappa shape index (κ1) is 15.3. The number of hydrogen-bond donors (Lipinski definition) is 2. The molecule has 114 valence electrons. The Balaban J connectivity index is 1.90. The zero-order valence-corrected chi connectivity index (χ0v) is 11.8. The molecule has 0 aromatic rings. The van der Waals surface area contributed by atoms with Crippen molar-refractivity contribution in [2.24, 2.45) is 0 Å². The van der Waals surface area contributed by atoms with Crippen LogP contribution in [-0.2, 0) is 9.59 Å². The van der Waals surface area contributed by atoms with E-state index in [0.717, 1.165) is 38.5 Å². The number of nitrogens with zero attached hydrogens (tertiary/aromatic N) is 2. The zero-order chi connectivity index (χ0) is 14.5. The van der Waals surface area contributed by atoms with Crippen molar-refractivity contribution in [3.05, 3.63) is 0 Å². The lowest BCUT2D eigenvalue weighted by Crippen LogP contribution is -2.53. The van der Waals surface area contributed by atoms with Crippen molar-refractivity contribution in [3.63, 3.8) is 0 Å². The molecular formula is C14H24N2O4. The fraction of sp³-hybridized carbons (Fsp3) is 0.857. The molecule has 6 nitrogen and oxygen atoms in total. The highest BCUT2D eigenvalue weighted by molar-refractivity contribution is 5.90. The highest BCUT2D eigenvalue weighted by Crippen LogP contribution is 2.14. The molecule has 2 N–H and O–H groups in total. The smallest absolute Gasteiger partial charge is 0.254 e. The van der Waals surface area contributed by atoms with Crippen LogP contribution in [0.5, 0.6) is 0 Å². The summed E-state index contributed by atoms with van der Waals surface area (Å²) in [7, 11) is 0. The van der Waals surface area contributed by atoms with Crippen LogP contribution < -0.4 is 0 Å². The lowest BCUT2D eigenvalue weighted by Gasteiger charge is -2.32. The van der Waals surface area contributed by atoms with Crippen LogP contribution in [0.2, 0.25) is 0 Å². The van der Waals surface area contributed by atoms with Crippen LogP contribution in [0.25, 0.3) is 0 Å². The average Bonchev–Trinajstić information content (AvgIpc) is 2.53. The van der Waals surface area contributed by atoms with Crippen molar-refractivity contribution in [2.45, 2.75) is 50.7 Å². The molecule has 6 heteroatoms. The number of likely N-dealkylation sites (tertiary alicyclic amines) is 2. The second-order valence-corrected chi connectivity index (χ2v) is 5.66. The van der Waals surface area contributed by atoms with Crippen molar-refractivity contribution in [1.82, 2.24) is 9.80 Å². The van der Waals surface area contributed by atoms with Gasteiger partial charge in [0.2, 0.25) is 0 Å². The van der Waals surface area contributed by atoms with Crippen LogP contribution in [0.3, 0.4) is 0 Å². The van der Waals surface area contributed by atoms with Crippen LogP contribution in [0.15, 0.2) is 0 Å². The summed E-state index contributed by atoms with van der Waals surface area (Å²) in [5.41, 5.74) is 0. The molecule has 20 heavy (non-hydrogen) atoms. The quantitative estimate of drug-likeness (QED) is 0.748. The minimum absolute atomic E-state index is 0.525. The number of piperidine rings is 2. The van der Waals surface area contributed by atoms with Crippen LogP contribution in [0.4, 0.5) is 0 Å². The zero-order valence-electron chi connectivity index (χ0n) is 11.8. The van der Waals surface area contributed by atoms with Crippen LogP contribution in [0.1, 0.15) is 38.5 Å². The molecule has 0 radical (unpaired) electrons. The third-order valence-corrected chi connectivity index (χ3v) is 4.14. The van der Waals surface area contributed by atoms with Gasteiger partial charge in [0.1, 0.15) is 0 Å². The Bertz CT molecular complexity index is 315. The Morgan fingerprint density at radius 1 is 0.650 bits per heavy atom. The standard InChI is InChI=1S/C14H24N2O4/c17-11(13(19)15-7-3-1-4-8-15)12(18)14(20)16-9-5-2-6-10-16/h11-12,17-18H,1-10H2. The van der Waals surface area contributed by atoms with Gasteiger partial charge in [0.05, 0.1) is 0 Å². The number of rotatable bonds is 3. The summed E-state index contributed by atoms with van der Waals surface area (Å²) in [6.07, 6.45) is 2.53. The van der Waals surface area contributed by atoms with Crippen LogP contribution in [-0.4, -0.2) is 70.2 Å². The summed E-state index contributed by atoms with van der Waals surface area (Å²) < 4.78 is 0. The molecule has 0 bridgehead atoms. The van der Waals surface area contributed by atoms with Gasteiger partial charge in [0, 0.05) is 26.2 Å². The number of carbonyl (C=O) groups is 2. The maximum atomic E-state index is 12.1. The molecule has 2 heterocycles. The van der Waals surface area contributed by atoms with Gasteiger partial charge in [-0.3, -0.25) is 9.59 Å². The highest BCUT2D eigenvalue weighted by atomic mass is 16.3. The van der Waals surface area contributed by atoms with Crippen molar-refractivity contribution >= 4 is 11.8 Å². The Hall–Kier alpha value is -1.14. The summed E-state index contributed by atoms with van der Waals surface area (Å²) in [5.74, 6) is -1.05. The highest BCUT2D eigenvalue weighted by Gasteiger charge is 2.36. The largest absolute Gasteiger partial charge is 0.380 e. The minimum atomic E-state index is -1.64. The maximum Gasteiger partial charge on any atom is 0.254 e. The van der Waals surface area contributed by atoms with E-state index in [0.29, 0.717) is 26.2 Å². The summed E-state index contributed by atoms with van der Waals surface area (Å²) in [6.45, 7) is 2.39. The molecule has 2 unspecified atom stereocenters. The van der Waals surface area contributed by atoms with Gasteiger partial charge in [-0.1, -0.05) is 0 Å². The van der Waals surface area contributed by atoms with Crippen molar-refractivity contribution < 1.29 is 19.8 Å². The van der Waals surface area contributed by atoms with E-state index < -0.39 is 24.0 Å². The van der Waals surface area contributed by atoms with Crippen molar-refractivity contribution in [3.8, 4) is 0 Å². The first-order valence-corrected chi connectivity index (χ1v) is 7.55. The van der Waals surface area contributed by atoms with Gasteiger partial charge in [-0.15, -0.1) is 0 Å². The summed E-state index contributed by atoms with van der Waals surface area (Å²) in [6, 6.07) is 0. The van der Waals surface area contributed by atoms with E-state index in [1.165, 1.54) is 0 Å². The van der Waals surface area contributed by atoms with E-state index >= 15 is 0 Å². The number of carbonyl (C=O) groups excluding carboxylic acids is 2. The predicted octanol–water partition coefficient (Wildman–Crippen LogP) is -0.267. The van der Waals surface area contributed by atoms with Gasteiger partial charge < -0.3 is 20.0 Å². The van der Waals surface area contributed by atoms with E-state index in [1.807, 2.05) is 0 Å². The average molecular weight is 284 g/mol. The molecule has 0 aliphatic carbocycles. The molecule has 2 fully saturated rings. The lowest BCUT2D eigenvalue weighted by molar-refractivity contribution is -0.159. The normalized spacial score (nSPS) is 23.3. The second kappa shape index (κ2) is 7.04. The third-order valence-electron chi connectivity index (χ3n) is 4.14. The summed E-state index contributed by atoms with van der Waals surface area (Å²) in [5, 5.41) is 19.9. The van der Waals surface area contributed by atoms with Gasteiger partial charge >= 0.3 is 0 Å². The Labute approximate surface area is 119 Å². The number of amides is 2. The Kier molecular flexibility index (Phi) is 5.37. The summed E-state index contributed by atoms with van der Waals surface area (Å²) >= 11 is 0. The second-order valence-electron chi connectivity index (χ2n) is 5.66. The van der Waals surface area contributed by atoms with Crippen LogP contribution in [0, 0.1) is 0 Å². The molecule has 2 amide bonds. The Morgan fingerprint density at radius 3 is 1.25 bits per heavy atom. The predicted molar refractivity (Wildman–Crippen MR) is 72.9 cm³/mol. The molecule has 0 aromatic heterocycles. The van der Waals surface area contributed by atoms with Gasteiger partial charge in [-0.25, -0.2) is 0 Å². The monoisotopic (exact) mass is 284 g/mol. The van der Waals surface area contributed by atoms with E-state index in [9.17, 15) is 19.8 Å². The number of aliphatic hydroxyl groups is 2. The molecule has 2 aliphatic heterocycles. The molecular weight excluding hydrogens is 260 g/mol. The van der Waals surface area contributed by atoms with Crippen molar-refractivity contribution in [1.29, 1.82) is 0 Å². The molecule has 0 saturated carbocycles. The van der Waals surface area contributed by atoms with Gasteiger partial charge in [-0.2, -0.15) is 0 Å². The van der Waals surface area contributed by atoms with Crippen molar-refractivity contribution in [2.75, 3.05) is 26.2 Å². The maximum absolute atomic E-state index is 12.1. The molecule has 2 aliphatic rings. The SMILES string of the molecule is O=C(C(O)C(O)C(=O)N1CCCCC1)N1CCCCC1. The first-order valence-electron chi connectivity index (χ1n) is 7.55. The molecule has 0 aromatic carbocycles. The van der Waals surface area contributed by atoms with Gasteiger partial charge in [-0.05, 0) is 38.5 Å². The third kappa shape index (κ3) is 3.49. The van der Waals surface area contributed by atoms with E-state index in [4.69, 9.17) is 0 Å². The van der Waals surface area contributed by atoms with E-state index in [-0.39, 0.29) is 0 Å². The van der Waals surface area contributed by atoms with E-state index in [2.05, 4.69) is 0 Å². The fourth-order valence-corrected chi connectivity index (χ4v) is 2.87. The molecule has 2 atom stereocenters.